The first-order valence-corrected chi connectivity index (χ1v) is 3.67. The van der Waals surface area contributed by atoms with Gasteiger partial charge in [-0.3, -0.25) is 0 Å². The van der Waals surface area contributed by atoms with Crippen LogP contribution in [0.1, 0.15) is 26.2 Å². The third-order valence-corrected chi connectivity index (χ3v) is 2.72. The summed E-state index contributed by atoms with van der Waals surface area (Å²) in [7, 11) is 0. The second kappa shape index (κ2) is 2.27. The van der Waals surface area contributed by atoms with E-state index in [0.29, 0.717) is 5.41 Å². The van der Waals surface area contributed by atoms with E-state index < -0.39 is 0 Å². The SMILES string of the molecule is CC(N)C1(CN)CCC1. The first-order valence-electron chi connectivity index (χ1n) is 3.67. The molecule has 1 unspecified atom stereocenters. The zero-order valence-electron chi connectivity index (χ0n) is 6.06. The molecule has 1 rings (SSSR count). The van der Waals surface area contributed by atoms with Gasteiger partial charge in [0.25, 0.3) is 0 Å². The van der Waals surface area contributed by atoms with E-state index in [1.165, 1.54) is 19.3 Å². The van der Waals surface area contributed by atoms with Crippen molar-refractivity contribution in [3.8, 4) is 0 Å². The minimum atomic E-state index is 0.288. The largest absolute Gasteiger partial charge is 0.330 e. The summed E-state index contributed by atoms with van der Waals surface area (Å²) in [6.45, 7) is 2.83. The fourth-order valence-corrected chi connectivity index (χ4v) is 1.48. The van der Waals surface area contributed by atoms with E-state index in [0.717, 1.165) is 6.54 Å². The third kappa shape index (κ3) is 0.970. The predicted octanol–water partition coefficient (Wildman–Crippen LogP) is 0.463. The van der Waals surface area contributed by atoms with Gasteiger partial charge in [0.1, 0.15) is 0 Å². The lowest BCUT2D eigenvalue weighted by molar-refractivity contribution is 0.113. The predicted molar refractivity (Wildman–Crippen MR) is 39.0 cm³/mol. The zero-order valence-corrected chi connectivity index (χ0v) is 6.06. The normalized spacial score (nSPS) is 27.0. The van der Waals surface area contributed by atoms with Gasteiger partial charge in [0.15, 0.2) is 0 Å². The van der Waals surface area contributed by atoms with E-state index in [4.69, 9.17) is 11.5 Å². The molecule has 2 heteroatoms. The highest BCUT2D eigenvalue weighted by Gasteiger charge is 2.38. The van der Waals surface area contributed by atoms with Crippen molar-refractivity contribution in [1.29, 1.82) is 0 Å². The van der Waals surface area contributed by atoms with Gasteiger partial charge in [-0.2, -0.15) is 0 Å². The minimum Gasteiger partial charge on any atom is -0.330 e. The molecule has 0 radical (unpaired) electrons. The molecule has 0 bridgehead atoms. The molecule has 0 aliphatic heterocycles. The average molecular weight is 128 g/mol. The molecule has 2 nitrogen and oxygen atoms in total. The molecular formula is C7H16N2. The van der Waals surface area contributed by atoms with Crippen LogP contribution in [0.5, 0.6) is 0 Å². The number of hydrogen-bond acceptors (Lipinski definition) is 2. The fraction of sp³-hybridized carbons (Fsp3) is 1.00. The van der Waals surface area contributed by atoms with Gasteiger partial charge in [0.05, 0.1) is 0 Å². The van der Waals surface area contributed by atoms with Crippen molar-refractivity contribution in [2.24, 2.45) is 16.9 Å². The Hall–Kier alpha value is -0.0800. The lowest BCUT2D eigenvalue weighted by Crippen LogP contribution is -2.49. The van der Waals surface area contributed by atoms with Crippen LogP contribution in [0.2, 0.25) is 0 Å². The Balaban J connectivity index is 2.46. The third-order valence-electron chi connectivity index (χ3n) is 2.72. The molecule has 54 valence electrons. The lowest BCUT2D eigenvalue weighted by atomic mass is 9.65. The molecule has 0 aromatic rings. The molecule has 0 heterocycles. The van der Waals surface area contributed by atoms with E-state index >= 15 is 0 Å². The van der Waals surface area contributed by atoms with Crippen molar-refractivity contribution in [2.45, 2.75) is 32.2 Å². The van der Waals surface area contributed by atoms with E-state index in [9.17, 15) is 0 Å². The second-order valence-corrected chi connectivity index (χ2v) is 3.21. The van der Waals surface area contributed by atoms with Crippen molar-refractivity contribution in [3.63, 3.8) is 0 Å². The molecule has 0 aromatic carbocycles. The van der Waals surface area contributed by atoms with Crippen molar-refractivity contribution in [2.75, 3.05) is 6.54 Å². The molecular weight excluding hydrogens is 112 g/mol. The molecule has 1 aliphatic carbocycles. The molecule has 1 fully saturated rings. The van der Waals surface area contributed by atoms with Gasteiger partial charge in [-0.25, -0.2) is 0 Å². The quantitative estimate of drug-likeness (QED) is 0.567. The number of nitrogens with two attached hydrogens (primary N) is 2. The second-order valence-electron chi connectivity index (χ2n) is 3.21. The molecule has 1 saturated carbocycles. The topological polar surface area (TPSA) is 52.0 Å². The van der Waals surface area contributed by atoms with Crippen molar-refractivity contribution >= 4 is 0 Å². The van der Waals surface area contributed by atoms with E-state index in [1.807, 2.05) is 0 Å². The molecule has 4 N–H and O–H groups in total. The summed E-state index contributed by atoms with van der Waals surface area (Å²) in [6, 6.07) is 0.288. The van der Waals surface area contributed by atoms with Gasteiger partial charge in [0, 0.05) is 6.04 Å². The van der Waals surface area contributed by atoms with Crippen molar-refractivity contribution in [3.05, 3.63) is 0 Å². The van der Waals surface area contributed by atoms with Crippen LogP contribution in [0.25, 0.3) is 0 Å². The van der Waals surface area contributed by atoms with Crippen LogP contribution in [-0.4, -0.2) is 12.6 Å². The Morgan fingerprint density at radius 2 is 2.11 bits per heavy atom. The summed E-state index contributed by atoms with van der Waals surface area (Å²) in [5.41, 5.74) is 11.7. The summed E-state index contributed by atoms with van der Waals surface area (Å²) in [5.74, 6) is 0. The standard InChI is InChI=1S/C7H16N2/c1-6(9)7(5-8)3-2-4-7/h6H,2-5,8-9H2,1H3. The highest BCUT2D eigenvalue weighted by Crippen LogP contribution is 2.41. The fourth-order valence-electron chi connectivity index (χ4n) is 1.48. The highest BCUT2D eigenvalue weighted by molar-refractivity contribution is 4.94. The van der Waals surface area contributed by atoms with Crippen LogP contribution in [0, 0.1) is 5.41 Å². The van der Waals surface area contributed by atoms with Crippen LogP contribution >= 0.6 is 0 Å². The summed E-state index contributed by atoms with van der Waals surface area (Å²) < 4.78 is 0. The first kappa shape index (κ1) is 7.03. The van der Waals surface area contributed by atoms with Gasteiger partial charge in [-0.15, -0.1) is 0 Å². The maximum Gasteiger partial charge on any atom is 0.00791 e. The summed E-state index contributed by atoms with van der Waals surface area (Å²) in [6.07, 6.45) is 3.79. The van der Waals surface area contributed by atoms with Crippen LogP contribution in [0.15, 0.2) is 0 Å². The number of rotatable bonds is 2. The van der Waals surface area contributed by atoms with Gasteiger partial charge >= 0.3 is 0 Å². The Kier molecular flexibility index (Phi) is 1.78. The summed E-state index contributed by atoms with van der Waals surface area (Å²) in [4.78, 5) is 0. The molecule has 0 aromatic heterocycles. The van der Waals surface area contributed by atoms with Crippen LogP contribution in [-0.2, 0) is 0 Å². The van der Waals surface area contributed by atoms with Gasteiger partial charge < -0.3 is 11.5 Å². The monoisotopic (exact) mass is 128 g/mol. The van der Waals surface area contributed by atoms with Crippen molar-refractivity contribution < 1.29 is 0 Å². The molecule has 1 atom stereocenters. The molecule has 9 heavy (non-hydrogen) atoms. The lowest BCUT2D eigenvalue weighted by Gasteiger charge is -2.44. The van der Waals surface area contributed by atoms with Gasteiger partial charge in [-0.1, -0.05) is 6.42 Å². The maximum atomic E-state index is 5.76. The van der Waals surface area contributed by atoms with Gasteiger partial charge in [0.2, 0.25) is 0 Å². The Morgan fingerprint density at radius 1 is 1.56 bits per heavy atom. The Bertz CT molecular complexity index is 89.6. The van der Waals surface area contributed by atoms with Crippen LogP contribution in [0.4, 0.5) is 0 Å². The Labute approximate surface area is 56.6 Å². The van der Waals surface area contributed by atoms with E-state index in [2.05, 4.69) is 6.92 Å². The zero-order chi connectivity index (χ0) is 6.91. The van der Waals surface area contributed by atoms with Crippen LogP contribution in [0.3, 0.4) is 0 Å². The summed E-state index contributed by atoms with van der Waals surface area (Å²) in [5, 5.41) is 0. The molecule has 0 saturated heterocycles. The van der Waals surface area contributed by atoms with Gasteiger partial charge in [-0.05, 0) is 31.7 Å². The smallest absolute Gasteiger partial charge is 0.00791 e. The highest BCUT2D eigenvalue weighted by atomic mass is 14.7. The van der Waals surface area contributed by atoms with E-state index in [1.54, 1.807) is 0 Å². The molecule has 0 spiro atoms. The average Bonchev–Trinajstić information content (AvgIpc) is 1.62. The maximum absolute atomic E-state index is 5.76. The van der Waals surface area contributed by atoms with Crippen molar-refractivity contribution in [1.82, 2.24) is 0 Å². The first-order chi connectivity index (χ1) is 4.21. The molecule has 1 aliphatic rings. The minimum absolute atomic E-state index is 0.288. The van der Waals surface area contributed by atoms with E-state index in [-0.39, 0.29) is 6.04 Å². The Morgan fingerprint density at radius 3 is 2.11 bits per heavy atom. The number of hydrogen-bond donors (Lipinski definition) is 2. The van der Waals surface area contributed by atoms with Crippen LogP contribution < -0.4 is 11.5 Å². The summed E-state index contributed by atoms with van der Waals surface area (Å²) >= 11 is 0. The molecule has 0 amide bonds.